The van der Waals surface area contributed by atoms with Crippen LogP contribution in [0.4, 0.5) is 0 Å². The van der Waals surface area contributed by atoms with E-state index >= 15 is 0 Å². The molecule has 0 amide bonds. The number of halogens is 2. The topological polar surface area (TPSA) is 0 Å². The first-order chi connectivity index (χ1) is 13.8. The van der Waals surface area contributed by atoms with Crippen molar-refractivity contribution >= 4 is 36.2 Å². The Bertz CT molecular complexity index is 404. The van der Waals surface area contributed by atoms with Crippen LogP contribution in [0.1, 0.15) is 110 Å². The Morgan fingerprint density at radius 1 is 0.516 bits per heavy atom. The van der Waals surface area contributed by atoms with E-state index in [4.69, 9.17) is 20.4 Å². The molecular weight excluding hydrogens is 504 g/mol. The summed E-state index contributed by atoms with van der Waals surface area (Å²) in [6.07, 6.45) is 14.2. The first-order valence-electron chi connectivity index (χ1n) is 11.5. The minimum atomic E-state index is 0.0588. The molecule has 0 heterocycles. The van der Waals surface area contributed by atoms with Gasteiger partial charge in [0.15, 0.2) is 0 Å². The summed E-state index contributed by atoms with van der Waals surface area (Å²) in [7, 11) is 9.52. The summed E-state index contributed by atoms with van der Waals surface area (Å²) < 4.78 is 0. The zero-order valence-corrected chi connectivity index (χ0v) is 27.4. The molecule has 0 unspecified atom stereocenters. The molecule has 0 aromatic heterocycles. The van der Waals surface area contributed by atoms with E-state index in [1.54, 1.807) is 0 Å². The Labute approximate surface area is 215 Å². The van der Waals surface area contributed by atoms with Gasteiger partial charge in [-0.05, 0) is 45.8 Å². The summed E-state index contributed by atoms with van der Waals surface area (Å²) in [4.78, 5) is 0. The quantitative estimate of drug-likeness (QED) is 0.173. The van der Waals surface area contributed by atoms with Gasteiger partial charge in [0.2, 0.25) is 0 Å². The third kappa shape index (κ3) is 21.7. The fourth-order valence-electron chi connectivity index (χ4n) is 3.80. The first-order valence-corrected chi connectivity index (χ1v) is 17.3. The van der Waals surface area contributed by atoms with Crippen molar-refractivity contribution in [2.75, 3.05) is 12.3 Å². The third-order valence-electron chi connectivity index (χ3n) is 4.62. The summed E-state index contributed by atoms with van der Waals surface area (Å²) in [6, 6.07) is 0. The molecule has 0 aromatic rings. The zero-order chi connectivity index (χ0) is 25.5. The van der Waals surface area contributed by atoms with Gasteiger partial charge in [-0.15, -0.1) is 0 Å². The van der Waals surface area contributed by atoms with E-state index in [0.29, 0.717) is 33.3 Å². The summed E-state index contributed by atoms with van der Waals surface area (Å²) >= 11 is 0.569. The van der Waals surface area contributed by atoms with E-state index < -0.39 is 0 Å². The molecule has 192 valence electrons. The summed E-state index contributed by atoms with van der Waals surface area (Å²) in [6.45, 7) is 32.9. The van der Waals surface area contributed by atoms with Crippen LogP contribution in [-0.2, 0) is 12.7 Å². The van der Waals surface area contributed by atoms with E-state index in [1.807, 2.05) is 0 Å². The third-order valence-corrected chi connectivity index (χ3v) is 12.2. The van der Waals surface area contributed by atoms with E-state index in [0.717, 1.165) is 12.8 Å². The van der Waals surface area contributed by atoms with Crippen LogP contribution in [0, 0.1) is 0 Å². The molecule has 0 aromatic carbocycles. The van der Waals surface area contributed by atoms with Crippen LogP contribution in [0.3, 0.4) is 0 Å². The summed E-state index contributed by atoms with van der Waals surface area (Å²) in [5, 5.41) is 1.86. The van der Waals surface area contributed by atoms with Crippen molar-refractivity contribution in [3.05, 3.63) is 24.3 Å². The average Bonchev–Trinajstić information content (AvgIpc) is 2.52. The number of allylic oxidation sites excluding steroid dienone is 4. The van der Waals surface area contributed by atoms with Crippen molar-refractivity contribution < 1.29 is 12.7 Å². The summed E-state index contributed by atoms with van der Waals surface area (Å²) in [5.41, 5.74) is 0. The second-order valence-corrected chi connectivity index (χ2v) is 21.1. The van der Waals surface area contributed by atoms with Crippen molar-refractivity contribution in [1.29, 1.82) is 0 Å². The first kappa shape index (κ1) is 37.0. The van der Waals surface area contributed by atoms with Gasteiger partial charge in [0.1, 0.15) is 0 Å². The Hall–Kier alpha value is 1.41. The Morgan fingerprint density at radius 2 is 0.710 bits per heavy atom. The fraction of sp³-hybridized carbons (Fsp3) is 0.846. The second-order valence-electron chi connectivity index (χ2n) is 11.7. The number of hydrogen-bond acceptors (Lipinski definition) is 0. The molecule has 0 saturated carbocycles. The SMILES string of the molecule is CCC=CCP(C(C)(C)C)C(C)(C)C.CCC=CCP(C(C)(C)C)C(C)(C)C.[Cl][Ni][Cl]. The average molecular weight is 558 g/mol. The number of hydrogen-bond donors (Lipinski definition) is 0. The van der Waals surface area contributed by atoms with E-state index in [1.165, 1.54) is 12.3 Å². The van der Waals surface area contributed by atoms with Gasteiger partial charge in [0.05, 0.1) is 0 Å². The molecular formula is C26H54Cl2NiP2. The zero-order valence-electron chi connectivity index (χ0n) is 23.1. The molecule has 0 fully saturated rings. The van der Waals surface area contributed by atoms with Crippen molar-refractivity contribution in [1.82, 2.24) is 0 Å². The Morgan fingerprint density at radius 3 is 0.839 bits per heavy atom. The van der Waals surface area contributed by atoms with Crippen molar-refractivity contribution in [3.63, 3.8) is 0 Å². The molecule has 0 radical (unpaired) electrons. The molecule has 0 rings (SSSR count). The van der Waals surface area contributed by atoms with Crippen LogP contribution < -0.4 is 0 Å². The minimum absolute atomic E-state index is 0.0588. The van der Waals surface area contributed by atoms with Gasteiger partial charge in [-0.1, -0.05) is 137 Å². The van der Waals surface area contributed by atoms with Crippen molar-refractivity contribution in [2.45, 2.75) is 130 Å². The number of rotatable bonds is 6. The molecule has 0 atom stereocenters. The molecule has 0 aliphatic heterocycles. The van der Waals surface area contributed by atoms with Crippen LogP contribution in [0.5, 0.6) is 0 Å². The predicted octanol–water partition coefficient (Wildman–Crippen LogP) is 11.4. The molecule has 0 bridgehead atoms. The molecule has 0 aliphatic carbocycles. The molecule has 0 spiro atoms. The van der Waals surface area contributed by atoms with Gasteiger partial charge in [-0.25, -0.2) is 0 Å². The van der Waals surface area contributed by atoms with Gasteiger partial charge >= 0.3 is 33.0 Å². The predicted molar refractivity (Wildman–Crippen MR) is 153 cm³/mol. The van der Waals surface area contributed by atoms with E-state index in [9.17, 15) is 0 Å². The van der Waals surface area contributed by atoms with Crippen LogP contribution in [0.2, 0.25) is 0 Å². The van der Waals surface area contributed by atoms with Crippen molar-refractivity contribution in [3.8, 4) is 0 Å². The Balaban J connectivity index is -0.000000448. The van der Waals surface area contributed by atoms with Gasteiger partial charge < -0.3 is 0 Å². The maximum atomic E-state index is 4.70. The van der Waals surface area contributed by atoms with Gasteiger partial charge in [-0.3, -0.25) is 0 Å². The molecule has 0 nitrogen and oxygen atoms in total. The monoisotopic (exact) mass is 556 g/mol. The molecule has 0 aliphatic rings. The second kappa shape index (κ2) is 17.8. The van der Waals surface area contributed by atoms with Crippen LogP contribution >= 0.6 is 36.2 Å². The van der Waals surface area contributed by atoms with Gasteiger partial charge in [-0.2, -0.15) is 0 Å². The Kier molecular flexibility index (Phi) is 21.2. The van der Waals surface area contributed by atoms with Crippen LogP contribution in [-0.4, -0.2) is 32.9 Å². The van der Waals surface area contributed by atoms with Gasteiger partial charge in [0, 0.05) is 0 Å². The molecule has 31 heavy (non-hydrogen) atoms. The van der Waals surface area contributed by atoms with Crippen molar-refractivity contribution in [2.24, 2.45) is 0 Å². The standard InChI is InChI=1S/2C13H27P.2ClH.Ni/c2*1-8-9-10-11-14(12(2,3)4)13(5,6)7;;;/h2*9-10H,8,11H2,1-7H3;2*1H;/q;;;;+2/p-2. The molecule has 0 saturated heterocycles. The fourth-order valence-corrected chi connectivity index (χ4v) is 10.7. The van der Waals surface area contributed by atoms with E-state index in [-0.39, 0.29) is 15.8 Å². The maximum absolute atomic E-state index is 4.70. The normalized spacial score (nSPS) is 13.6. The van der Waals surface area contributed by atoms with Crippen LogP contribution in [0.25, 0.3) is 0 Å². The molecule has 5 heteroatoms. The summed E-state index contributed by atoms with van der Waals surface area (Å²) in [5.74, 6) is 0. The van der Waals surface area contributed by atoms with E-state index in [2.05, 4.69) is 121 Å². The van der Waals surface area contributed by atoms with Crippen LogP contribution in [0.15, 0.2) is 24.3 Å². The van der Waals surface area contributed by atoms with Gasteiger partial charge in [0.25, 0.3) is 0 Å². The molecule has 0 N–H and O–H groups in total.